The van der Waals surface area contributed by atoms with Crippen LogP contribution < -0.4 is 4.90 Å². The van der Waals surface area contributed by atoms with Gasteiger partial charge in [-0.25, -0.2) is 9.78 Å². The van der Waals surface area contributed by atoms with Gasteiger partial charge in [-0.2, -0.15) is 0 Å². The van der Waals surface area contributed by atoms with Gasteiger partial charge in [0.15, 0.2) is 0 Å². The molecule has 1 aromatic heterocycles. The molecule has 5 nitrogen and oxygen atoms in total. The van der Waals surface area contributed by atoms with Crippen molar-refractivity contribution in [1.29, 1.82) is 0 Å². The molecule has 0 amide bonds. The van der Waals surface area contributed by atoms with Crippen molar-refractivity contribution in [2.45, 2.75) is 39.0 Å². The van der Waals surface area contributed by atoms with E-state index in [9.17, 15) is 4.79 Å². The summed E-state index contributed by atoms with van der Waals surface area (Å²) in [6, 6.07) is 3.68. The van der Waals surface area contributed by atoms with Crippen LogP contribution in [0.5, 0.6) is 0 Å². The van der Waals surface area contributed by atoms with Crippen molar-refractivity contribution in [3.63, 3.8) is 0 Å². The van der Waals surface area contributed by atoms with Gasteiger partial charge in [0, 0.05) is 25.9 Å². The molecule has 1 N–H and O–H groups in total. The second-order valence-electron chi connectivity index (χ2n) is 5.84. The zero-order valence-electron chi connectivity index (χ0n) is 13.3. The summed E-state index contributed by atoms with van der Waals surface area (Å²) in [5.74, 6) is 1.23. The molecule has 0 aliphatic carbocycles. The smallest absolute Gasteiger partial charge is 0.339 e. The Morgan fingerprint density at radius 1 is 1.41 bits per heavy atom. The minimum Gasteiger partial charge on any atom is -0.462 e. The van der Waals surface area contributed by atoms with Crippen LogP contribution in [0.2, 0.25) is 0 Å². The molecule has 1 saturated heterocycles. The van der Waals surface area contributed by atoms with Crippen LogP contribution in [0.15, 0.2) is 18.3 Å². The molecule has 122 valence electrons. The average Bonchev–Trinajstić information content (AvgIpc) is 2.56. The van der Waals surface area contributed by atoms with E-state index < -0.39 is 0 Å². The first-order valence-electron chi connectivity index (χ1n) is 8.23. The molecule has 0 atom stereocenters. The zero-order valence-corrected chi connectivity index (χ0v) is 13.3. The van der Waals surface area contributed by atoms with E-state index in [1.54, 1.807) is 12.3 Å². The summed E-state index contributed by atoms with van der Waals surface area (Å²) in [4.78, 5) is 18.5. The van der Waals surface area contributed by atoms with Crippen molar-refractivity contribution in [3.05, 3.63) is 23.9 Å². The number of nitrogens with zero attached hydrogens (tertiary/aromatic N) is 2. The number of pyridine rings is 1. The van der Waals surface area contributed by atoms with Crippen molar-refractivity contribution < 1.29 is 14.6 Å². The first kappa shape index (κ1) is 16.7. The number of hydrogen-bond donors (Lipinski definition) is 1. The summed E-state index contributed by atoms with van der Waals surface area (Å²) in [6.45, 7) is 4.72. The highest BCUT2D eigenvalue weighted by molar-refractivity contribution is 5.89. The number of unbranched alkanes of at least 4 members (excludes halogenated alkanes) is 1. The number of hydrogen-bond acceptors (Lipinski definition) is 5. The topological polar surface area (TPSA) is 62.7 Å². The van der Waals surface area contributed by atoms with Crippen LogP contribution in [0.3, 0.4) is 0 Å². The number of carbonyl (C=O) groups is 1. The summed E-state index contributed by atoms with van der Waals surface area (Å²) in [7, 11) is 0. The maximum absolute atomic E-state index is 11.8. The summed E-state index contributed by atoms with van der Waals surface area (Å²) >= 11 is 0. The van der Waals surface area contributed by atoms with Gasteiger partial charge in [-0.05, 0) is 43.7 Å². The lowest BCUT2D eigenvalue weighted by molar-refractivity contribution is 0.0499. The molecule has 1 aromatic rings. The Morgan fingerprint density at radius 2 is 2.18 bits per heavy atom. The lowest BCUT2D eigenvalue weighted by Gasteiger charge is -2.32. The summed E-state index contributed by atoms with van der Waals surface area (Å²) in [5.41, 5.74) is 0.509. The molecule has 5 heteroatoms. The monoisotopic (exact) mass is 306 g/mol. The minimum atomic E-state index is -0.297. The third-order valence-corrected chi connectivity index (χ3v) is 4.19. The van der Waals surface area contributed by atoms with Gasteiger partial charge >= 0.3 is 5.97 Å². The van der Waals surface area contributed by atoms with Gasteiger partial charge in [0.05, 0.1) is 12.2 Å². The van der Waals surface area contributed by atoms with Crippen molar-refractivity contribution in [2.75, 3.05) is 31.2 Å². The Balaban J connectivity index is 1.85. The van der Waals surface area contributed by atoms with E-state index in [0.717, 1.165) is 51.0 Å². The lowest BCUT2D eigenvalue weighted by atomic mass is 9.94. The molecule has 2 rings (SSSR count). The Bertz CT molecular complexity index is 453. The molecule has 1 aliphatic heterocycles. The predicted octanol–water partition coefficient (Wildman–Crippen LogP) is 2.64. The second-order valence-corrected chi connectivity index (χ2v) is 5.84. The first-order chi connectivity index (χ1) is 10.7. The molecule has 22 heavy (non-hydrogen) atoms. The molecule has 0 spiro atoms. The molecule has 2 heterocycles. The highest BCUT2D eigenvalue weighted by atomic mass is 16.5. The van der Waals surface area contributed by atoms with Crippen LogP contribution in [-0.4, -0.2) is 42.4 Å². The normalized spacial score (nSPS) is 15.8. The molecule has 0 saturated carbocycles. The Morgan fingerprint density at radius 3 is 2.77 bits per heavy atom. The SMILES string of the molecule is CCCCOC(=O)c1ccc(N2CCC(CCO)CC2)nc1. The first-order valence-corrected chi connectivity index (χ1v) is 8.23. The lowest BCUT2D eigenvalue weighted by Crippen LogP contribution is -2.34. The number of piperidine rings is 1. The van der Waals surface area contributed by atoms with Crippen LogP contribution >= 0.6 is 0 Å². The van der Waals surface area contributed by atoms with Gasteiger partial charge in [0.25, 0.3) is 0 Å². The third kappa shape index (κ3) is 4.70. The van der Waals surface area contributed by atoms with Gasteiger partial charge < -0.3 is 14.7 Å². The third-order valence-electron chi connectivity index (χ3n) is 4.19. The average molecular weight is 306 g/mol. The molecule has 1 fully saturated rings. The highest BCUT2D eigenvalue weighted by Gasteiger charge is 2.20. The molecule has 0 aromatic carbocycles. The van der Waals surface area contributed by atoms with E-state index in [4.69, 9.17) is 9.84 Å². The number of aromatic nitrogens is 1. The fourth-order valence-electron chi connectivity index (χ4n) is 2.72. The highest BCUT2D eigenvalue weighted by Crippen LogP contribution is 2.23. The Kier molecular flexibility index (Phi) is 6.65. The second kappa shape index (κ2) is 8.73. The van der Waals surface area contributed by atoms with E-state index >= 15 is 0 Å². The number of ether oxygens (including phenoxy) is 1. The van der Waals surface area contributed by atoms with Crippen molar-refractivity contribution in [2.24, 2.45) is 5.92 Å². The number of aliphatic hydroxyl groups is 1. The molecule has 1 aliphatic rings. The van der Waals surface area contributed by atoms with E-state index in [2.05, 4.69) is 16.8 Å². The molecule has 0 bridgehead atoms. The largest absolute Gasteiger partial charge is 0.462 e. The van der Waals surface area contributed by atoms with Crippen LogP contribution in [0.4, 0.5) is 5.82 Å². The Labute approximate surface area is 132 Å². The Hall–Kier alpha value is -1.62. The van der Waals surface area contributed by atoms with Gasteiger partial charge in [-0.1, -0.05) is 13.3 Å². The fourth-order valence-corrected chi connectivity index (χ4v) is 2.72. The van der Waals surface area contributed by atoms with E-state index in [0.29, 0.717) is 18.1 Å². The van der Waals surface area contributed by atoms with Crippen LogP contribution in [0, 0.1) is 5.92 Å². The minimum absolute atomic E-state index is 0.276. The summed E-state index contributed by atoms with van der Waals surface area (Å²) < 4.78 is 5.18. The van der Waals surface area contributed by atoms with E-state index in [1.165, 1.54) is 0 Å². The maximum atomic E-state index is 11.8. The summed E-state index contributed by atoms with van der Waals surface area (Å²) in [5, 5.41) is 8.99. The van der Waals surface area contributed by atoms with Crippen LogP contribution in [-0.2, 0) is 4.74 Å². The van der Waals surface area contributed by atoms with Gasteiger partial charge in [-0.3, -0.25) is 0 Å². The molecular weight excluding hydrogens is 280 g/mol. The number of aliphatic hydroxyl groups excluding tert-OH is 1. The van der Waals surface area contributed by atoms with Gasteiger partial charge in [0.1, 0.15) is 5.82 Å². The maximum Gasteiger partial charge on any atom is 0.339 e. The van der Waals surface area contributed by atoms with Crippen molar-refractivity contribution in [1.82, 2.24) is 4.98 Å². The molecule has 0 radical (unpaired) electrons. The van der Waals surface area contributed by atoms with Gasteiger partial charge in [-0.15, -0.1) is 0 Å². The van der Waals surface area contributed by atoms with Crippen molar-refractivity contribution >= 4 is 11.8 Å². The van der Waals surface area contributed by atoms with Gasteiger partial charge in [0.2, 0.25) is 0 Å². The van der Waals surface area contributed by atoms with Crippen LogP contribution in [0.25, 0.3) is 0 Å². The van der Waals surface area contributed by atoms with Crippen LogP contribution in [0.1, 0.15) is 49.4 Å². The number of carbonyl (C=O) groups excluding carboxylic acids is 1. The number of rotatable bonds is 7. The number of esters is 1. The quantitative estimate of drug-likeness (QED) is 0.620. The molecular formula is C17H26N2O3. The summed E-state index contributed by atoms with van der Waals surface area (Å²) in [6.07, 6.45) is 6.57. The molecule has 0 unspecified atom stereocenters. The predicted molar refractivity (Wildman–Crippen MR) is 86.1 cm³/mol. The number of anilines is 1. The zero-order chi connectivity index (χ0) is 15.8. The standard InChI is InChI=1S/C17H26N2O3/c1-2-3-12-22-17(21)15-4-5-16(18-13-15)19-9-6-14(7-10-19)8-11-20/h4-5,13-14,20H,2-3,6-12H2,1H3. The van der Waals surface area contributed by atoms with E-state index in [-0.39, 0.29) is 12.6 Å². The fraction of sp³-hybridized carbons (Fsp3) is 0.647. The van der Waals surface area contributed by atoms with Crippen molar-refractivity contribution in [3.8, 4) is 0 Å². The van der Waals surface area contributed by atoms with E-state index in [1.807, 2.05) is 6.07 Å².